The summed E-state index contributed by atoms with van der Waals surface area (Å²) in [6, 6.07) is 8.66. The van der Waals surface area contributed by atoms with Gasteiger partial charge in [0, 0.05) is 23.4 Å². The first-order chi connectivity index (χ1) is 8.76. The Balaban J connectivity index is 2.23. The van der Waals surface area contributed by atoms with Crippen LogP contribution in [-0.4, -0.2) is 10.2 Å². The highest BCUT2D eigenvalue weighted by molar-refractivity contribution is 5.64. The minimum absolute atomic E-state index is 0.523. The third-order valence-corrected chi connectivity index (χ3v) is 3.32. The summed E-state index contributed by atoms with van der Waals surface area (Å²) in [5.41, 5.74) is 11.4. The molecule has 0 aliphatic heterocycles. The summed E-state index contributed by atoms with van der Waals surface area (Å²) in [6.07, 6.45) is 3.63. The van der Waals surface area contributed by atoms with E-state index in [1.165, 1.54) is 18.4 Å². The number of aryl methyl sites for hydroxylation is 2. The number of unbranched alkanes of at least 4 members (excludes halogenated alkanes) is 1. The second-order valence-corrected chi connectivity index (χ2v) is 4.68. The molecule has 96 valence electrons. The van der Waals surface area contributed by atoms with Crippen LogP contribution < -0.4 is 5.73 Å². The van der Waals surface area contributed by atoms with E-state index >= 15 is 0 Å². The van der Waals surface area contributed by atoms with Crippen LogP contribution in [-0.2, 0) is 13.0 Å². The standard InChI is InChI=1S/C15H21N3/c1-3-4-5-12-6-8-13(9-7-12)15-14(10-16)11(2)17-18-15/h6-9H,3-5,10,16H2,1-2H3,(H,17,18). The summed E-state index contributed by atoms with van der Waals surface area (Å²) in [4.78, 5) is 0. The van der Waals surface area contributed by atoms with Gasteiger partial charge in [0.2, 0.25) is 0 Å². The van der Waals surface area contributed by atoms with Gasteiger partial charge < -0.3 is 5.73 Å². The first-order valence-corrected chi connectivity index (χ1v) is 6.59. The van der Waals surface area contributed by atoms with E-state index in [0.29, 0.717) is 6.54 Å². The molecule has 0 fully saturated rings. The molecule has 0 aliphatic carbocycles. The van der Waals surface area contributed by atoms with Crippen molar-refractivity contribution in [3.8, 4) is 11.3 Å². The maximum atomic E-state index is 5.77. The number of benzene rings is 1. The predicted octanol–water partition coefficient (Wildman–Crippen LogP) is 3.19. The van der Waals surface area contributed by atoms with Crippen LogP contribution in [0.3, 0.4) is 0 Å². The molecule has 2 rings (SSSR count). The van der Waals surface area contributed by atoms with Crippen LogP contribution in [0.2, 0.25) is 0 Å². The minimum Gasteiger partial charge on any atom is -0.326 e. The molecule has 0 aliphatic rings. The van der Waals surface area contributed by atoms with E-state index in [9.17, 15) is 0 Å². The Morgan fingerprint density at radius 1 is 1.22 bits per heavy atom. The topological polar surface area (TPSA) is 54.7 Å². The molecule has 1 heterocycles. The molecule has 2 aromatic rings. The zero-order valence-electron chi connectivity index (χ0n) is 11.2. The van der Waals surface area contributed by atoms with Crippen molar-refractivity contribution in [3.05, 3.63) is 41.1 Å². The Hall–Kier alpha value is -1.61. The van der Waals surface area contributed by atoms with Crippen LogP contribution in [0.1, 0.15) is 36.6 Å². The normalized spacial score (nSPS) is 10.8. The lowest BCUT2D eigenvalue weighted by Crippen LogP contribution is -1.98. The SMILES string of the molecule is CCCCc1ccc(-c2n[nH]c(C)c2CN)cc1. The highest BCUT2D eigenvalue weighted by Crippen LogP contribution is 2.23. The van der Waals surface area contributed by atoms with Crippen molar-refractivity contribution >= 4 is 0 Å². The molecule has 0 atom stereocenters. The molecule has 0 saturated carbocycles. The van der Waals surface area contributed by atoms with Crippen molar-refractivity contribution in [2.75, 3.05) is 0 Å². The van der Waals surface area contributed by atoms with Crippen molar-refractivity contribution in [1.29, 1.82) is 0 Å². The van der Waals surface area contributed by atoms with Crippen molar-refractivity contribution in [3.63, 3.8) is 0 Å². The van der Waals surface area contributed by atoms with E-state index < -0.39 is 0 Å². The Bertz CT molecular complexity index is 497. The quantitative estimate of drug-likeness (QED) is 0.847. The van der Waals surface area contributed by atoms with Gasteiger partial charge in [-0.2, -0.15) is 5.10 Å². The highest BCUT2D eigenvalue weighted by atomic mass is 15.1. The van der Waals surface area contributed by atoms with Crippen molar-refractivity contribution in [1.82, 2.24) is 10.2 Å². The number of hydrogen-bond donors (Lipinski definition) is 2. The van der Waals surface area contributed by atoms with Gasteiger partial charge in [-0.15, -0.1) is 0 Å². The number of rotatable bonds is 5. The minimum atomic E-state index is 0.523. The average Bonchev–Trinajstić information content (AvgIpc) is 2.78. The highest BCUT2D eigenvalue weighted by Gasteiger charge is 2.10. The smallest absolute Gasteiger partial charge is 0.0968 e. The zero-order chi connectivity index (χ0) is 13.0. The fraction of sp³-hybridized carbons (Fsp3) is 0.400. The van der Waals surface area contributed by atoms with E-state index in [1.807, 2.05) is 6.92 Å². The van der Waals surface area contributed by atoms with E-state index in [1.54, 1.807) is 0 Å². The molecule has 3 N–H and O–H groups in total. The predicted molar refractivity (Wildman–Crippen MR) is 75.3 cm³/mol. The maximum Gasteiger partial charge on any atom is 0.0968 e. The molecule has 3 nitrogen and oxygen atoms in total. The van der Waals surface area contributed by atoms with E-state index in [4.69, 9.17) is 5.73 Å². The lowest BCUT2D eigenvalue weighted by molar-refractivity contribution is 0.795. The van der Waals surface area contributed by atoms with Gasteiger partial charge in [-0.3, -0.25) is 5.10 Å². The number of nitrogens with zero attached hydrogens (tertiary/aromatic N) is 1. The molecule has 0 bridgehead atoms. The van der Waals surface area contributed by atoms with Crippen LogP contribution in [0.25, 0.3) is 11.3 Å². The largest absolute Gasteiger partial charge is 0.326 e. The fourth-order valence-corrected chi connectivity index (χ4v) is 2.15. The van der Waals surface area contributed by atoms with Crippen LogP contribution >= 0.6 is 0 Å². The summed E-state index contributed by atoms with van der Waals surface area (Å²) >= 11 is 0. The fourth-order valence-electron chi connectivity index (χ4n) is 2.15. The molecule has 1 aromatic carbocycles. The Morgan fingerprint density at radius 3 is 2.56 bits per heavy atom. The van der Waals surface area contributed by atoms with E-state index in [0.717, 1.165) is 28.9 Å². The molecule has 18 heavy (non-hydrogen) atoms. The van der Waals surface area contributed by atoms with Crippen LogP contribution in [0.15, 0.2) is 24.3 Å². The first kappa shape index (κ1) is 12.8. The molecular weight excluding hydrogens is 222 g/mol. The molecule has 0 saturated heterocycles. The number of H-pyrrole nitrogens is 1. The van der Waals surface area contributed by atoms with E-state index in [2.05, 4.69) is 41.4 Å². The van der Waals surface area contributed by atoms with Gasteiger partial charge in [0.15, 0.2) is 0 Å². The zero-order valence-corrected chi connectivity index (χ0v) is 11.2. The monoisotopic (exact) mass is 243 g/mol. The van der Waals surface area contributed by atoms with E-state index in [-0.39, 0.29) is 0 Å². The van der Waals surface area contributed by atoms with Gasteiger partial charge >= 0.3 is 0 Å². The van der Waals surface area contributed by atoms with Crippen molar-refractivity contribution in [2.24, 2.45) is 5.73 Å². The maximum absolute atomic E-state index is 5.77. The van der Waals surface area contributed by atoms with Crippen LogP contribution in [0, 0.1) is 6.92 Å². The van der Waals surface area contributed by atoms with Crippen molar-refractivity contribution in [2.45, 2.75) is 39.7 Å². The summed E-state index contributed by atoms with van der Waals surface area (Å²) < 4.78 is 0. The van der Waals surface area contributed by atoms with Gasteiger partial charge in [-0.05, 0) is 25.3 Å². The summed E-state index contributed by atoms with van der Waals surface area (Å²) in [6.45, 7) is 4.75. The Morgan fingerprint density at radius 2 is 1.94 bits per heavy atom. The molecule has 0 radical (unpaired) electrons. The number of hydrogen-bond acceptors (Lipinski definition) is 2. The Kier molecular flexibility index (Phi) is 4.15. The van der Waals surface area contributed by atoms with Gasteiger partial charge in [0.05, 0.1) is 5.69 Å². The average molecular weight is 243 g/mol. The first-order valence-electron chi connectivity index (χ1n) is 6.59. The summed E-state index contributed by atoms with van der Waals surface area (Å²) in [7, 11) is 0. The Labute approximate surface area is 108 Å². The summed E-state index contributed by atoms with van der Waals surface area (Å²) in [5, 5.41) is 7.35. The second-order valence-electron chi connectivity index (χ2n) is 4.68. The van der Waals surface area contributed by atoms with Gasteiger partial charge in [-0.25, -0.2) is 0 Å². The molecule has 3 heteroatoms. The number of aromatic amines is 1. The molecule has 1 aromatic heterocycles. The molecule has 0 amide bonds. The summed E-state index contributed by atoms with van der Waals surface area (Å²) in [5.74, 6) is 0. The number of aromatic nitrogens is 2. The molecular formula is C15H21N3. The molecule has 0 spiro atoms. The van der Waals surface area contributed by atoms with Gasteiger partial charge in [0.25, 0.3) is 0 Å². The molecule has 0 unspecified atom stereocenters. The van der Waals surface area contributed by atoms with Gasteiger partial charge in [-0.1, -0.05) is 37.6 Å². The third-order valence-electron chi connectivity index (χ3n) is 3.32. The third kappa shape index (κ3) is 2.62. The van der Waals surface area contributed by atoms with Crippen LogP contribution in [0.4, 0.5) is 0 Å². The van der Waals surface area contributed by atoms with Crippen LogP contribution in [0.5, 0.6) is 0 Å². The second kappa shape index (κ2) is 5.83. The number of nitrogens with one attached hydrogen (secondary N) is 1. The lowest BCUT2D eigenvalue weighted by Gasteiger charge is -2.04. The lowest BCUT2D eigenvalue weighted by atomic mass is 10.0. The van der Waals surface area contributed by atoms with Crippen molar-refractivity contribution < 1.29 is 0 Å². The van der Waals surface area contributed by atoms with Gasteiger partial charge in [0.1, 0.15) is 0 Å². The number of nitrogens with two attached hydrogens (primary N) is 1.